The van der Waals surface area contributed by atoms with E-state index < -0.39 is 0 Å². The van der Waals surface area contributed by atoms with E-state index >= 15 is 0 Å². The molecule has 0 bridgehead atoms. The minimum atomic E-state index is -0.0283. The minimum Gasteiger partial charge on any atom is -0.338 e. The molecule has 3 rings (SSSR count). The molecule has 0 spiro atoms. The number of aryl methyl sites for hydroxylation is 1. The van der Waals surface area contributed by atoms with Gasteiger partial charge >= 0.3 is 0 Å². The third kappa shape index (κ3) is 2.97. The first-order chi connectivity index (χ1) is 9.65. The molecule has 1 aromatic heterocycles. The van der Waals surface area contributed by atoms with Crippen molar-refractivity contribution in [3.8, 4) is 0 Å². The fourth-order valence-corrected chi connectivity index (χ4v) is 2.74. The lowest BCUT2D eigenvalue weighted by molar-refractivity contribution is 0.354. The van der Waals surface area contributed by atoms with Gasteiger partial charge in [-0.15, -0.1) is 12.4 Å². The molecule has 1 N–H and O–H groups in total. The molecule has 114 valence electrons. The third-order valence-corrected chi connectivity index (χ3v) is 4.27. The van der Waals surface area contributed by atoms with Gasteiger partial charge in [-0.25, -0.2) is 0 Å². The van der Waals surface area contributed by atoms with Crippen molar-refractivity contribution in [1.29, 1.82) is 0 Å². The molecule has 1 atom stereocenters. The van der Waals surface area contributed by atoms with Gasteiger partial charge in [-0.1, -0.05) is 29.4 Å². The van der Waals surface area contributed by atoms with E-state index in [0.717, 1.165) is 31.0 Å². The van der Waals surface area contributed by atoms with Gasteiger partial charge in [0, 0.05) is 12.5 Å². The fourth-order valence-electron chi connectivity index (χ4n) is 2.74. The predicted octanol–water partition coefficient (Wildman–Crippen LogP) is 3.03. The Labute approximate surface area is 131 Å². The van der Waals surface area contributed by atoms with Gasteiger partial charge in [0.15, 0.2) is 5.82 Å². The van der Waals surface area contributed by atoms with Crippen LogP contribution >= 0.6 is 12.4 Å². The second-order valence-corrected chi connectivity index (χ2v) is 5.81. The number of hydrogen-bond donors (Lipinski definition) is 1. The highest BCUT2D eigenvalue weighted by atomic mass is 35.5. The van der Waals surface area contributed by atoms with Crippen molar-refractivity contribution in [2.45, 2.75) is 44.6 Å². The Bertz CT molecular complexity index is 607. The van der Waals surface area contributed by atoms with Gasteiger partial charge in [-0.05, 0) is 44.9 Å². The summed E-state index contributed by atoms with van der Waals surface area (Å²) in [6, 6.07) is 8.85. The van der Waals surface area contributed by atoms with E-state index in [-0.39, 0.29) is 17.8 Å². The zero-order valence-corrected chi connectivity index (χ0v) is 13.5. The van der Waals surface area contributed by atoms with Crippen LogP contribution in [0.5, 0.6) is 0 Å². The summed E-state index contributed by atoms with van der Waals surface area (Å²) in [5.74, 6) is 1.58. The lowest BCUT2D eigenvalue weighted by Gasteiger charge is -2.13. The molecular weight excluding hydrogens is 286 g/mol. The highest BCUT2D eigenvalue weighted by Crippen LogP contribution is 2.53. The second-order valence-electron chi connectivity index (χ2n) is 5.81. The monoisotopic (exact) mass is 307 g/mol. The standard InChI is InChI=1S/C16H21N3O.ClH/c1-11-6-4-5-7-13(11)16(8-9-16)15-18-14(19-20-15)10-12(2)17-3;/h4-7,12,17H,8-10H2,1-3H3;1H. The van der Waals surface area contributed by atoms with E-state index in [0.29, 0.717) is 6.04 Å². The highest BCUT2D eigenvalue weighted by Gasteiger charge is 2.51. The molecule has 0 amide bonds. The summed E-state index contributed by atoms with van der Waals surface area (Å²) < 4.78 is 5.56. The van der Waals surface area contributed by atoms with Gasteiger partial charge in [0.1, 0.15) is 0 Å². The molecule has 1 fully saturated rings. The maximum absolute atomic E-state index is 5.56. The number of hydrogen-bond acceptors (Lipinski definition) is 4. The van der Waals surface area contributed by atoms with E-state index in [4.69, 9.17) is 4.52 Å². The molecule has 0 saturated heterocycles. The summed E-state index contributed by atoms with van der Waals surface area (Å²) >= 11 is 0. The summed E-state index contributed by atoms with van der Waals surface area (Å²) in [5, 5.41) is 7.34. The SMILES string of the molecule is CNC(C)Cc1noc(C2(c3ccccc3C)CC2)n1.Cl. The lowest BCUT2D eigenvalue weighted by Crippen LogP contribution is -2.24. The molecule has 5 heteroatoms. The molecule has 1 aliphatic rings. The number of halogens is 1. The average molecular weight is 308 g/mol. The molecule has 2 aromatic rings. The van der Waals surface area contributed by atoms with E-state index in [9.17, 15) is 0 Å². The van der Waals surface area contributed by atoms with Crippen LogP contribution in [0.4, 0.5) is 0 Å². The van der Waals surface area contributed by atoms with Crippen LogP contribution in [0.1, 0.15) is 42.6 Å². The van der Waals surface area contributed by atoms with Gasteiger partial charge in [0.05, 0.1) is 5.41 Å². The zero-order valence-electron chi connectivity index (χ0n) is 12.7. The number of rotatable bonds is 5. The van der Waals surface area contributed by atoms with Crippen molar-refractivity contribution in [2.24, 2.45) is 0 Å². The number of likely N-dealkylation sites (N-methyl/N-ethyl adjacent to an activating group) is 1. The maximum Gasteiger partial charge on any atom is 0.237 e. The average Bonchev–Trinajstić information content (AvgIpc) is 3.12. The largest absolute Gasteiger partial charge is 0.338 e. The van der Waals surface area contributed by atoms with Gasteiger partial charge in [-0.2, -0.15) is 4.98 Å². The van der Waals surface area contributed by atoms with Crippen molar-refractivity contribution in [1.82, 2.24) is 15.5 Å². The first-order valence-corrected chi connectivity index (χ1v) is 7.22. The molecule has 1 heterocycles. The maximum atomic E-state index is 5.56. The molecule has 0 aliphatic heterocycles. The fraction of sp³-hybridized carbons (Fsp3) is 0.500. The summed E-state index contributed by atoms with van der Waals surface area (Å²) in [5.41, 5.74) is 2.60. The summed E-state index contributed by atoms with van der Waals surface area (Å²) in [7, 11) is 1.95. The first kappa shape index (κ1) is 16.0. The van der Waals surface area contributed by atoms with Gasteiger partial charge in [0.2, 0.25) is 5.89 Å². The molecule has 1 saturated carbocycles. The van der Waals surface area contributed by atoms with Crippen LogP contribution in [0.15, 0.2) is 28.8 Å². The van der Waals surface area contributed by atoms with Crippen LogP contribution in [-0.2, 0) is 11.8 Å². The zero-order chi connectivity index (χ0) is 14.2. The number of aromatic nitrogens is 2. The summed E-state index contributed by atoms with van der Waals surface area (Å²) in [6.45, 7) is 4.26. The van der Waals surface area contributed by atoms with Crippen molar-refractivity contribution < 1.29 is 4.52 Å². The van der Waals surface area contributed by atoms with Crippen LogP contribution in [0, 0.1) is 6.92 Å². The third-order valence-electron chi connectivity index (χ3n) is 4.27. The quantitative estimate of drug-likeness (QED) is 0.922. The summed E-state index contributed by atoms with van der Waals surface area (Å²) in [4.78, 5) is 4.63. The first-order valence-electron chi connectivity index (χ1n) is 7.22. The molecular formula is C16H22ClN3O. The Morgan fingerprint density at radius 1 is 1.33 bits per heavy atom. The van der Waals surface area contributed by atoms with Crippen LogP contribution < -0.4 is 5.32 Å². The van der Waals surface area contributed by atoms with Crippen LogP contribution in [0.3, 0.4) is 0 Å². The van der Waals surface area contributed by atoms with Crippen molar-refractivity contribution in [2.75, 3.05) is 7.05 Å². The van der Waals surface area contributed by atoms with Crippen LogP contribution in [0.25, 0.3) is 0 Å². The normalized spacial score (nSPS) is 17.1. The molecule has 1 unspecified atom stereocenters. The van der Waals surface area contributed by atoms with E-state index in [1.54, 1.807) is 0 Å². The smallest absolute Gasteiger partial charge is 0.237 e. The Balaban J connectivity index is 0.00000161. The molecule has 4 nitrogen and oxygen atoms in total. The Hall–Kier alpha value is -1.39. The van der Waals surface area contributed by atoms with Crippen molar-refractivity contribution >= 4 is 12.4 Å². The van der Waals surface area contributed by atoms with Crippen LogP contribution in [0.2, 0.25) is 0 Å². The van der Waals surface area contributed by atoms with E-state index in [1.807, 2.05) is 7.05 Å². The molecule has 1 aromatic carbocycles. The minimum absolute atomic E-state index is 0. The Kier molecular flexibility index (Phi) is 4.69. The molecule has 1 aliphatic carbocycles. The van der Waals surface area contributed by atoms with Crippen LogP contribution in [-0.4, -0.2) is 23.2 Å². The second kappa shape index (κ2) is 6.16. The van der Waals surface area contributed by atoms with E-state index in [1.165, 1.54) is 11.1 Å². The van der Waals surface area contributed by atoms with Crippen molar-refractivity contribution in [3.05, 3.63) is 47.1 Å². The number of nitrogens with zero attached hydrogens (tertiary/aromatic N) is 2. The summed E-state index contributed by atoms with van der Waals surface area (Å²) in [6.07, 6.45) is 2.99. The highest BCUT2D eigenvalue weighted by molar-refractivity contribution is 5.85. The topological polar surface area (TPSA) is 51.0 Å². The predicted molar refractivity (Wildman–Crippen MR) is 85.0 cm³/mol. The molecule has 21 heavy (non-hydrogen) atoms. The Morgan fingerprint density at radius 2 is 2.05 bits per heavy atom. The number of benzene rings is 1. The van der Waals surface area contributed by atoms with Crippen molar-refractivity contribution in [3.63, 3.8) is 0 Å². The van der Waals surface area contributed by atoms with Gasteiger partial charge in [-0.3, -0.25) is 0 Å². The lowest BCUT2D eigenvalue weighted by atomic mass is 9.92. The van der Waals surface area contributed by atoms with Gasteiger partial charge < -0.3 is 9.84 Å². The van der Waals surface area contributed by atoms with E-state index in [2.05, 4.69) is 53.6 Å². The Morgan fingerprint density at radius 3 is 2.67 bits per heavy atom. The number of nitrogens with one attached hydrogen (secondary N) is 1. The molecule has 0 radical (unpaired) electrons. The van der Waals surface area contributed by atoms with Gasteiger partial charge in [0.25, 0.3) is 0 Å².